The molecular weight excluding hydrogens is 206 g/mol. The first-order valence-corrected chi connectivity index (χ1v) is 5.44. The van der Waals surface area contributed by atoms with E-state index in [-0.39, 0.29) is 18.6 Å². The summed E-state index contributed by atoms with van der Waals surface area (Å²) in [5.74, 6) is 0.773. The van der Waals surface area contributed by atoms with E-state index >= 15 is 0 Å². The lowest BCUT2D eigenvalue weighted by Gasteiger charge is -2.17. The van der Waals surface area contributed by atoms with Crippen molar-refractivity contribution in [3.8, 4) is 0 Å². The molecular formula is C11H19N3O2. The molecule has 0 fully saturated rings. The molecule has 5 nitrogen and oxygen atoms in total. The normalized spacial score (nSPS) is 12.4. The third kappa shape index (κ3) is 3.34. The molecule has 5 heteroatoms. The van der Waals surface area contributed by atoms with Crippen molar-refractivity contribution in [3.05, 3.63) is 18.2 Å². The second-order valence-electron chi connectivity index (χ2n) is 3.74. The maximum absolute atomic E-state index is 11.5. The van der Waals surface area contributed by atoms with Gasteiger partial charge in [-0.15, -0.1) is 0 Å². The second kappa shape index (κ2) is 6.27. The Balaban J connectivity index is 2.68. The molecule has 0 aliphatic heterocycles. The quantitative estimate of drug-likeness (QED) is 0.786. The van der Waals surface area contributed by atoms with Gasteiger partial charge in [-0.3, -0.25) is 4.79 Å². The average Bonchev–Trinajstić information content (AvgIpc) is 2.64. The second-order valence-corrected chi connectivity index (χ2v) is 3.74. The van der Waals surface area contributed by atoms with Gasteiger partial charge in [-0.25, -0.2) is 4.98 Å². The third-order valence-corrected chi connectivity index (χ3v) is 2.36. The summed E-state index contributed by atoms with van der Waals surface area (Å²) in [6, 6.07) is -0.0346. The zero-order valence-electron chi connectivity index (χ0n) is 10.1. The van der Waals surface area contributed by atoms with E-state index in [0.29, 0.717) is 0 Å². The highest BCUT2D eigenvalue weighted by molar-refractivity contribution is 5.77. The molecule has 0 aliphatic rings. The van der Waals surface area contributed by atoms with Gasteiger partial charge in [-0.05, 0) is 6.42 Å². The van der Waals surface area contributed by atoms with Gasteiger partial charge >= 0.3 is 0 Å². The number of hydrogen-bond donors (Lipinski definition) is 1. The van der Waals surface area contributed by atoms with Gasteiger partial charge in [0.25, 0.3) is 0 Å². The van der Waals surface area contributed by atoms with E-state index in [1.165, 1.54) is 7.11 Å². The van der Waals surface area contributed by atoms with Crippen LogP contribution in [0.15, 0.2) is 12.4 Å². The third-order valence-electron chi connectivity index (χ3n) is 2.36. The number of nitrogens with zero attached hydrogens (tertiary/aromatic N) is 2. The van der Waals surface area contributed by atoms with Crippen molar-refractivity contribution in [3.63, 3.8) is 0 Å². The van der Waals surface area contributed by atoms with Gasteiger partial charge in [0.05, 0.1) is 6.04 Å². The number of amides is 1. The van der Waals surface area contributed by atoms with Crippen LogP contribution in [0.4, 0.5) is 0 Å². The molecule has 0 aliphatic carbocycles. The molecule has 0 spiro atoms. The fourth-order valence-corrected chi connectivity index (χ4v) is 1.63. The van der Waals surface area contributed by atoms with E-state index in [1.54, 1.807) is 6.20 Å². The lowest BCUT2D eigenvalue weighted by atomic mass is 10.1. The summed E-state index contributed by atoms with van der Waals surface area (Å²) in [7, 11) is 3.43. The van der Waals surface area contributed by atoms with Crippen LogP contribution in [0.2, 0.25) is 0 Å². The van der Waals surface area contributed by atoms with Crippen molar-refractivity contribution in [1.29, 1.82) is 0 Å². The smallest absolute Gasteiger partial charge is 0.246 e. The zero-order chi connectivity index (χ0) is 12.0. The van der Waals surface area contributed by atoms with Gasteiger partial charge in [-0.1, -0.05) is 13.3 Å². The zero-order valence-corrected chi connectivity index (χ0v) is 10.1. The lowest BCUT2D eigenvalue weighted by Crippen LogP contribution is -2.32. The molecule has 90 valence electrons. The maximum Gasteiger partial charge on any atom is 0.246 e. The van der Waals surface area contributed by atoms with Crippen LogP contribution in [-0.2, 0) is 16.6 Å². The topological polar surface area (TPSA) is 56.1 Å². The Morgan fingerprint density at radius 2 is 2.44 bits per heavy atom. The summed E-state index contributed by atoms with van der Waals surface area (Å²) < 4.78 is 6.72. The Morgan fingerprint density at radius 3 is 2.94 bits per heavy atom. The monoisotopic (exact) mass is 225 g/mol. The van der Waals surface area contributed by atoms with E-state index < -0.39 is 0 Å². The van der Waals surface area contributed by atoms with Crippen molar-refractivity contribution in [2.45, 2.75) is 25.8 Å². The number of aryl methyl sites for hydroxylation is 1. The van der Waals surface area contributed by atoms with Crippen LogP contribution in [0.25, 0.3) is 0 Å². The van der Waals surface area contributed by atoms with Gasteiger partial charge in [0.1, 0.15) is 12.4 Å². The van der Waals surface area contributed by atoms with Gasteiger partial charge < -0.3 is 14.6 Å². The first-order valence-electron chi connectivity index (χ1n) is 5.44. The predicted molar refractivity (Wildman–Crippen MR) is 60.9 cm³/mol. The van der Waals surface area contributed by atoms with Crippen LogP contribution in [0.5, 0.6) is 0 Å². The minimum Gasteiger partial charge on any atom is -0.375 e. The van der Waals surface area contributed by atoms with Crippen molar-refractivity contribution in [2.75, 3.05) is 13.7 Å². The number of ether oxygens (including phenoxy) is 1. The van der Waals surface area contributed by atoms with E-state index in [9.17, 15) is 4.79 Å². The number of methoxy groups -OCH3 is 1. The predicted octanol–water partition coefficient (Wildman–Crippen LogP) is 1.02. The molecule has 1 N–H and O–H groups in total. The highest BCUT2D eigenvalue weighted by atomic mass is 16.5. The van der Waals surface area contributed by atoms with Crippen LogP contribution in [-0.4, -0.2) is 29.2 Å². The van der Waals surface area contributed by atoms with Crippen LogP contribution in [0.3, 0.4) is 0 Å². The Morgan fingerprint density at radius 1 is 1.69 bits per heavy atom. The summed E-state index contributed by atoms with van der Waals surface area (Å²) >= 11 is 0. The van der Waals surface area contributed by atoms with Crippen molar-refractivity contribution in [2.24, 2.45) is 7.05 Å². The number of hydrogen-bond acceptors (Lipinski definition) is 3. The van der Waals surface area contributed by atoms with Gasteiger partial charge in [0.2, 0.25) is 5.91 Å². The van der Waals surface area contributed by atoms with Gasteiger partial charge in [0, 0.05) is 26.6 Å². The average molecular weight is 225 g/mol. The van der Waals surface area contributed by atoms with Crippen LogP contribution >= 0.6 is 0 Å². The molecule has 0 saturated carbocycles. The van der Waals surface area contributed by atoms with E-state index in [0.717, 1.165) is 18.7 Å². The first kappa shape index (κ1) is 12.7. The number of rotatable bonds is 6. The van der Waals surface area contributed by atoms with Crippen LogP contribution in [0.1, 0.15) is 31.6 Å². The summed E-state index contributed by atoms with van der Waals surface area (Å²) in [4.78, 5) is 15.7. The minimum atomic E-state index is -0.107. The molecule has 1 aromatic rings. The summed E-state index contributed by atoms with van der Waals surface area (Å²) in [6.07, 6.45) is 5.48. The molecule has 1 unspecified atom stereocenters. The van der Waals surface area contributed by atoms with E-state index in [4.69, 9.17) is 4.74 Å². The lowest BCUT2D eigenvalue weighted by molar-refractivity contribution is -0.125. The molecule has 0 saturated heterocycles. The summed E-state index contributed by atoms with van der Waals surface area (Å²) in [6.45, 7) is 2.17. The molecule has 0 aromatic carbocycles. The molecule has 1 rings (SSSR count). The SMILES string of the molecule is CCCC(NC(=O)COC)c1nccn1C. The Bertz CT molecular complexity index is 336. The molecule has 1 amide bonds. The first-order chi connectivity index (χ1) is 7.69. The Hall–Kier alpha value is -1.36. The molecule has 16 heavy (non-hydrogen) atoms. The van der Waals surface area contributed by atoms with Crippen molar-refractivity contribution >= 4 is 5.91 Å². The van der Waals surface area contributed by atoms with Crippen molar-refractivity contribution < 1.29 is 9.53 Å². The number of aromatic nitrogens is 2. The number of nitrogens with one attached hydrogen (secondary N) is 1. The summed E-state index contributed by atoms with van der Waals surface area (Å²) in [5.41, 5.74) is 0. The largest absolute Gasteiger partial charge is 0.375 e. The fraction of sp³-hybridized carbons (Fsp3) is 0.636. The Labute approximate surface area is 95.8 Å². The molecule has 1 atom stereocenters. The van der Waals surface area contributed by atoms with Gasteiger partial charge in [-0.2, -0.15) is 0 Å². The molecule has 0 bridgehead atoms. The maximum atomic E-state index is 11.5. The minimum absolute atomic E-state index is 0.0346. The Kier molecular flexibility index (Phi) is 4.98. The van der Waals surface area contributed by atoms with E-state index in [1.807, 2.05) is 17.8 Å². The standard InChI is InChI=1S/C11H19N3O2/c1-4-5-9(13-10(15)8-16-3)11-12-6-7-14(11)2/h6-7,9H,4-5,8H2,1-3H3,(H,13,15). The fourth-order valence-electron chi connectivity index (χ4n) is 1.63. The number of carbonyl (C=O) groups excluding carboxylic acids is 1. The number of carbonyl (C=O) groups is 1. The molecule has 0 radical (unpaired) electrons. The van der Waals surface area contributed by atoms with Gasteiger partial charge in [0.15, 0.2) is 0 Å². The van der Waals surface area contributed by atoms with Crippen LogP contribution < -0.4 is 5.32 Å². The highest BCUT2D eigenvalue weighted by Gasteiger charge is 2.17. The summed E-state index contributed by atoms with van der Waals surface area (Å²) in [5, 5.41) is 2.91. The highest BCUT2D eigenvalue weighted by Crippen LogP contribution is 2.15. The molecule has 1 aromatic heterocycles. The number of imidazole rings is 1. The van der Waals surface area contributed by atoms with E-state index in [2.05, 4.69) is 17.2 Å². The van der Waals surface area contributed by atoms with Crippen molar-refractivity contribution in [1.82, 2.24) is 14.9 Å². The van der Waals surface area contributed by atoms with Crippen LogP contribution in [0, 0.1) is 0 Å². The molecule has 1 heterocycles.